The maximum absolute atomic E-state index is 11.5. The quantitative estimate of drug-likeness (QED) is 0.692. The number of nitrogens with two attached hydrogens (primary N) is 1. The van der Waals surface area contributed by atoms with Gasteiger partial charge < -0.3 is 15.7 Å². The SMILES string of the molecule is CC(=O)N1CCC(CC(CC(=O)O)[C@H](N)Cc2ccc(-c3ccccc3)cc2)CC1. The van der Waals surface area contributed by atoms with Crippen LogP contribution >= 0.6 is 0 Å². The second kappa shape index (κ2) is 10.4. The molecule has 1 unspecified atom stereocenters. The Labute approximate surface area is 178 Å². The van der Waals surface area contributed by atoms with E-state index in [9.17, 15) is 14.7 Å². The lowest BCUT2D eigenvalue weighted by molar-refractivity contribution is -0.138. The van der Waals surface area contributed by atoms with Crippen LogP contribution in [0.2, 0.25) is 0 Å². The second-order valence-corrected chi connectivity index (χ2v) is 8.47. The number of carbonyl (C=O) groups excluding carboxylic acids is 1. The minimum absolute atomic E-state index is 0.0647. The van der Waals surface area contributed by atoms with Crippen molar-refractivity contribution in [2.45, 2.75) is 45.1 Å². The van der Waals surface area contributed by atoms with Crippen LogP contribution in [0.5, 0.6) is 0 Å². The number of carbonyl (C=O) groups is 2. The fourth-order valence-electron chi connectivity index (χ4n) is 4.45. The molecule has 2 aromatic rings. The third-order valence-electron chi connectivity index (χ3n) is 6.27. The minimum atomic E-state index is -0.795. The highest BCUT2D eigenvalue weighted by atomic mass is 16.4. The Kier molecular flexibility index (Phi) is 7.63. The first kappa shape index (κ1) is 22.0. The lowest BCUT2D eigenvalue weighted by Crippen LogP contribution is -2.40. The Morgan fingerprint density at radius 1 is 1.03 bits per heavy atom. The molecule has 5 heteroatoms. The number of piperidine rings is 1. The first-order valence-electron chi connectivity index (χ1n) is 10.8. The maximum Gasteiger partial charge on any atom is 0.303 e. The lowest BCUT2D eigenvalue weighted by atomic mass is 9.80. The van der Waals surface area contributed by atoms with E-state index in [0.29, 0.717) is 12.3 Å². The number of nitrogens with zero attached hydrogens (tertiary/aromatic N) is 1. The highest BCUT2D eigenvalue weighted by Gasteiger charge is 2.28. The van der Waals surface area contributed by atoms with Gasteiger partial charge in [0.1, 0.15) is 0 Å². The summed E-state index contributed by atoms with van der Waals surface area (Å²) in [4.78, 5) is 24.8. The van der Waals surface area contributed by atoms with E-state index in [1.54, 1.807) is 6.92 Å². The number of hydrogen-bond donors (Lipinski definition) is 2. The number of benzene rings is 2. The molecule has 0 saturated carbocycles. The molecule has 1 saturated heterocycles. The molecule has 0 aromatic heterocycles. The van der Waals surface area contributed by atoms with Gasteiger partial charge in [-0.05, 0) is 54.2 Å². The summed E-state index contributed by atoms with van der Waals surface area (Å²) in [6, 6.07) is 18.4. The monoisotopic (exact) mass is 408 g/mol. The average molecular weight is 409 g/mol. The molecule has 160 valence electrons. The normalized spacial score (nSPS) is 16.8. The van der Waals surface area contributed by atoms with Gasteiger partial charge in [-0.3, -0.25) is 9.59 Å². The highest BCUT2D eigenvalue weighted by Crippen LogP contribution is 2.29. The van der Waals surface area contributed by atoms with E-state index in [4.69, 9.17) is 5.73 Å². The van der Waals surface area contributed by atoms with Crippen LogP contribution in [0, 0.1) is 11.8 Å². The molecule has 1 amide bonds. The predicted molar refractivity (Wildman–Crippen MR) is 119 cm³/mol. The maximum atomic E-state index is 11.5. The summed E-state index contributed by atoms with van der Waals surface area (Å²) in [7, 11) is 0. The molecular formula is C25H32N2O3. The van der Waals surface area contributed by atoms with Crippen LogP contribution in [0.1, 0.15) is 38.2 Å². The third kappa shape index (κ3) is 6.17. The summed E-state index contributed by atoms with van der Waals surface area (Å²) >= 11 is 0. The van der Waals surface area contributed by atoms with Gasteiger partial charge in [0.05, 0.1) is 0 Å². The number of amides is 1. The van der Waals surface area contributed by atoms with Crippen LogP contribution < -0.4 is 5.73 Å². The van der Waals surface area contributed by atoms with Crippen molar-refractivity contribution in [3.8, 4) is 11.1 Å². The molecule has 2 aromatic carbocycles. The topological polar surface area (TPSA) is 83.6 Å². The molecule has 0 radical (unpaired) electrons. The van der Waals surface area contributed by atoms with E-state index in [1.807, 2.05) is 23.1 Å². The van der Waals surface area contributed by atoms with E-state index in [2.05, 4.69) is 36.4 Å². The average Bonchev–Trinajstić information content (AvgIpc) is 2.74. The van der Waals surface area contributed by atoms with Crippen molar-refractivity contribution in [2.24, 2.45) is 17.6 Å². The molecule has 5 nitrogen and oxygen atoms in total. The summed E-state index contributed by atoms with van der Waals surface area (Å²) in [5, 5.41) is 9.40. The first-order chi connectivity index (χ1) is 14.4. The van der Waals surface area contributed by atoms with Gasteiger partial charge in [0, 0.05) is 32.5 Å². The van der Waals surface area contributed by atoms with Crippen molar-refractivity contribution >= 4 is 11.9 Å². The van der Waals surface area contributed by atoms with Gasteiger partial charge in [-0.15, -0.1) is 0 Å². The standard InChI is InChI=1S/C25H32N2O3/c1-18(28)27-13-11-20(12-14-27)15-23(17-25(29)30)24(26)16-19-7-9-22(10-8-19)21-5-3-2-4-6-21/h2-10,20,23-24H,11-17,26H2,1H3,(H,29,30)/t23?,24-/m1/s1. The Hall–Kier alpha value is -2.66. The van der Waals surface area contributed by atoms with Gasteiger partial charge in [-0.25, -0.2) is 0 Å². The lowest BCUT2D eigenvalue weighted by Gasteiger charge is -2.34. The van der Waals surface area contributed by atoms with Crippen molar-refractivity contribution < 1.29 is 14.7 Å². The molecule has 1 aliphatic heterocycles. The van der Waals surface area contributed by atoms with Crippen LogP contribution in [0.4, 0.5) is 0 Å². The largest absolute Gasteiger partial charge is 0.481 e. The van der Waals surface area contributed by atoms with Crippen molar-refractivity contribution in [1.29, 1.82) is 0 Å². The zero-order valence-electron chi connectivity index (χ0n) is 17.7. The van der Waals surface area contributed by atoms with E-state index in [1.165, 1.54) is 5.56 Å². The van der Waals surface area contributed by atoms with Crippen LogP contribution in [0.25, 0.3) is 11.1 Å². The van der Waals surface area contributed by atoms with E-state index >= 15 is 0 Å². The summed E-state index contributed by atoms with van der Waals surface area (Å²) in [5.74, 6) is -0.316. The summed E-state index contributed by atoms with van der Waals surface area (Å²) in [6.45, 7) is 3.12. The van der Waals surface area contributed by atoms with Crippen molar-refractivity contribution in [1.82, 2.24) is 4.90 Å². The third-order valence-corrected chi connectivity index (χ3v) is 6.27. The highest BCUT2D eigenvalue weighted by molar-refractivity contribution is 5.73. The summed E-state index contributed by atoms with van der Waals surface area (Å²) < 4.78 is 0. The fraction of sp³-hybridized carbons (Fsp3) is 0.440. The molecule has 1 aliphatic rings. The second-order valence-electron chi connectivity index (χ2n) is 8.47. The van der Waals surface area contributed by atoms with Crippen LogP contribution in [0.3, 0.4) is 0 Å². The zero-order valence-corrected chi connectivity index (χ0v) is 17.7. The number of aliphatic carboxylic acids is 1. The van der Waals surface area contributed by atoms with E-state index < -0.39 is 5.97 Å². The molecular weight excluding hydrogens is 376 g/mol. The Morgan fingerprint density at radius 2 is 1.63 bits per heavy atom. The van der Waals surface area contributed by atoms with Crippen molar-refractivity contribution in [3.63, 3.8) is 0 Å². The number of hydrogen-bond acceptors (Lipinski definition) is 3. The number of carboxylic acid groups (broad SMARTS) is 1. The summed E-state index contributed by atoms with van der Waals surface area (Å²) in [6.07, 6.45) is 3.42. The molecule has 3 rings (SSSR count). The predicted octanol–water partition coefficient (Wildman–Crippen LogP) is 3.96. The van der Waals surface area contributed by atoms with Gasteiger partial charge in [0.15, 0.2) is 0 Å². The smallest absolute Gasteiger partial charge is 0.303 e. The van der Waals surface area contributed by atoms with Crippen LogP contribution in [-0.4, -0.2) is 41.0 Å². The minimum Gasteiger partial charge on any atom is -0.481 e. The molecule has 30 heavy (non-hydrogen) atoms. The molecule has 1 fully saturated rings. The van der Waals surface area contributed by atoms with Gasteiger partial charge in [0.25, 0.3) is 0 Å². The molecule has 0 bridgehead atoms. The fourth-order valence-corrected chi connectivity index (χ4v) is 4.45. The van der Waals surface area contributed by atoms with Crippen molar-refractivity contribution in [3.05, 3.63) is 60.2 Å². The van der Waals surface area contributed by atoms with Crippen LogP contribution in [0.15, 0.2) is 54.6 Å². The molecule has 3 N–H and O–H groups in total. The Morgan fingerprint density at radius 3 is 2.20 bits per heavy atom. The number of likely N-dealkylation sites (tertiary alicyclic amines) is 1. The van der Waals surface area contributed by atoms with E-state index in [-0.39, 0.29) is 24.3 Å². The number of rotatable bonds is 8. The van der Waals surface area contributed by atoms with Crippen LogP contribution in [-0.2, 0) is 16.0 Å². The number of carboxylic acids is 1. The van der Waals surface area contributed by atoms with Crippen molar-refractivity contribution in [2.75, 3.05) is 13.1 Å². The Bertz CT molecular complexity index is 827. The van der Waals surface area contributed by atoms with Gasteiger partial charge in [-0.1, -0.05) is 54.6 Å². The van der Waals surface area contributed by atoms with Gasteiger partial charge in [0.2, 0.25) is 5.91 Å². The molecule has 0 aliphatic carbocycles. The van der Waals surface area contributed by atoms with E-state index in [0.717, 1.165) is 43.5 Å². The first-order valence-corrected chi connectivity index (χ1v) is 10.8. The molecule has 2 atom stereocenters. The zero-order chi connectivity index (χ0) is 21.5. The molecule has 1 heterocycles. The van der Waals surface area contributed by atoms with Gasteiger partial charge in [-0.2, -0.15) is 0 Å². The van der Waals surface area contributed by atoms with Gasteiger partial charge >= 0.3 is 5.97 Å². The molecule has 0 spiro atoms. The summed E-state index contributed by atoms with van der Waals surface area (Å²) in [5.41, 5.74) is 9.98. The Balaban J connectivity index is 1.60.